The molecule has 1 atom stereocenters. The number of hydrogen-bond acceptors (Lipinski definition) is 9. The predicted octanol–water partition coefficient (Wildman–Crippen LogP) is 3.41. The largest absolute Gasteiger partial charge is 0.507 e. The van der Waals surface area contributed by atoms with Gasteiger partial charge in [-0.05, 0) is 37.2 Å². The van der Waals surface area contributed by atoms with Gasteiger partial charge in [0.2, 0.25) is 11.8 Å². The van der Waals surface area contributed by atoms with E-state index in [0.717, 1.165) is 10.5 Å². The number of ether oxygens (including phenoxy) is 2. The number of aromatic hydroxyl groups is 1. The van der Waals surface area contributed by atoms with Crippen LogP contribution in [0.1, 0.15) is 12.0 Å². The topological polar surface area (TPSA) is 126 Å². The van der Waals surface area contributed by atoms with Crippen LogP contribution >= 0.6 is 11.8 Å². The monoisotopic (exact) mass is 507 g/mol. The van der Waals surface area contributed by atoms with E-state index in [-0.39, 0.29) is 17.8 Å². The third-order valence-corrected chi connectivity index (χ3v) is 6.94. The Morgan fingerprint density at radius 1 is 1.19 bits per heavy atom. The van der Waals surface area contributed by atoms with Crippen LogP contribution in [0, 0.1) is 0 Å². The van der Waals surface area contributed by atoms with Gasteiger partial charge in [-0.15, -0.1) is 11.8 Å². The summed E-state index contributed by atoms with van der Waals surface area (Å²) < 4.78 is 10.7. The number of carbonyl (C=O) groups is 2. The first kappa shape index (κ1) is 23.9. The number of thioether (sulfide) groups is 1. The molecule has 5 rings (SSSR count). The number of phenols is 1. The molecule has 11 heteroatoms. The number of cyclic esters (lactones) is 1. The lowest BCUT2D eigenvalue weighted by Crippen LogP contribution is -2.28. The van der Waals surface area contributed by atoms with Crippen LogP contribution in [-0.2, 0) is 16.1 Å². The number of fused-ring (bicyclic) bond motifs is 1. The van der Waals surface area contributed by atoms with Gasteiger partial charge in [0.1, 0.15) is 23.5 Å². The molecule has 186 valence electrons. The lowest BCUT2D eigenvalue weighted by Gasteiger charge is -2.18. The quantitative estimate of drug-likeness (QED) is 0.393. The first-order valence-electron chi connectivity index (χ1n) is 11.5. The van der Waals surface area contributed by atoms with Gasteiger partial charge in [-0.25, -0.2) is 14.8 Å². The van der Waals surface area contributed by atoms with Crippen molar-refractivity contribution in [3.05, 3.63) is 54.1 Å². The number of rotatable bonds is 8. The van der Waals surface area contributed by atoms with Crippen molar-refractivity contribution in [2.24, 2.45) is 0 Å². The summed E-state index contributed by atoms with van der Waals surface area (Å²) in [6, 6.07) is 14.5. The summed E-state index contributed by atoms with van der Waals surface area (Å²) >= 11 is 1.42. The molecule has 0 bridgehead atoms. The van der Waals surface area contributed by atoms with Crippen molar-refractivity contribution < 1.29 is 24.2 Å². The fourth-order valence-corrected chi connectivity index (χ4v) is 4.82. The number of benzene rings is 1. The molecule has 2 aromatic heterocycles. The van der Waals surface area contributed by atoms with Crippen LogP contribution in [-0.4, -0.2) is 59.1 Å². The van der Waals surface area contributed by atoms with Crippen LogP contribution in [0.15, 0.2) is 53.4 Å². The fraction of sp³-hybridized carbons (Fsp3) is 0.280. The Morgan fingerprint density at radius 2 is 2.06 bits per heavy atom. The second kappa shape index (κ2) is 10.4. The van der Waals surface area contributed by atoms with Crippen molar-refractivity contribution >= 4 is 35.4 Å². The molecule has 0 saturated carbocycles. The molecule has 2 amide bonds. The van der Waals surface area contributed by atoms with E-state index in [4.69, 9.17) is 9.47 Å². The second-order valence-corrected chi connectivity index (χ2v) is 9.33. The van der Waals surface area contributed by atoms with E-state index in [9.17, 15) is 14.7 Å². The summed E-state index contributed by atoms with van der Waals surface area (Å²) in [4.78, 5) is 35.3. The zero-order chi connectivity index (χ0) is 25.1. The summed E-state index contributed by atoms with van der Waals surface area (Å²) in [5.41, 5.74) is 1.99. The number of nitrogens with zero attached hydrogens (tertiary/aromatic N) is 3. The van der Waals surface area contributed by atoms with Crippen LogP contribution in [0.3, 0.4) is 0 Å². The van der Waals surface area contributed by atoms with Crippen LogP contribution in [0.25, 0.3) is 11.3 Å². The number of nitrogens with one attached hydrogen (secondary N) is 2. The molecule has 0 radical (unpaired) electrons. The number of pyridine rings is 2. The maximum absolute atomic E-state index is 12.4. The highest BCUT2D eigenvalue weighted by molar-refractivity contribution is 8.00. The minimum absolute atomic E-state index is 0.110. The molecule has 1 fully saturated rings. The lowest BCUT2D eigenvalue weighted by molar-refractivity contribution is -0.113. The third kappa shape index (κ3) is 5.07. The Balaban J connectivity index is 1.16. The van der Waals surface area contributed by atoms with Crippen molar-refractivity contribution in [1.82, 2.24) is 15.3 Å². The van der Waals surface area contributed by atoms with Crippen LogP contribution in [0.2, 0.25) is 0 Å². The van der Waals surface area contributed by atoms with E-state index in [0.29, 0.717) is 60.6 Å². The van der Waals surface area contributed by atoms with Crippen molar-refractivity contribution in [2.45, 2.75) is 24.0 Å². The summed E-state index contributed by atoms with van der Waals surface area (Å²) in [6.07, 6.45) is -0.163. The first-order chi connectivity index (χ1) is 17.5. The van der Waals surface area contributed by atoms with Gasteiger partial charge in [-0.3, -0.25) is 9.69 Å². The van der Waals surface area contributed by atoms with Crippen molar-refractivity contribution in [3.63, 3.8) is 0 Å². The molecule has 0 aliphatic carbocycles. The summed E-state index contributed by atoms with van der Waals surface area (Å²) in [5.74, 6) is 1.80. The molecular weight excluding hydrogens is 482 g/mol. The average Bonchev–Trinajstić information content (AvgIpc) is 3.27. The highest BCUT2D eigenvalue weighted by Crippen LogP contribution is 2.33. The Hall–Kier alpha value is -3.83. The Kier molecular flexibility index (Phi) is 6.92. The lowest BCUT2D eigenvalue weighted by atomic mass is 10.1. The van der Waals surface area contributed by atoms with Crippen molar-refractivity contribution in [1.29, 1.82) is 0 Å². The molecule has 0 spiro atoms. The van der Waals surface area contributed by atoms with Gasteiger partial charge < -0.3 is 25.2 Å². The van der Waals surface area contributed by atoms with Gasteiger partial charge in [0.05, 0.1) is 30.0 Å². The number of hydrogen-bond donors (Lipinski definition) is 3. The Labute approximate surface area is 212 Å². The van der Waals surface area contributed by atoms with Crippen molar-refractivity contribution in [2.75, 3.05) is 36.2 Å². The van der Waals surface area contributed by atoms with Gasteiger partial charge in [0, 0.05) is 23.7 Å². The Morgan fingerprint density at radius 3 is 2.92 bits per heavy atom. The van der Waals surface area contributed by atoms with Crippen molar-refractivity contribution in [3.8, 4) is 22.9 Å². The molecule has 2 aliphatic rings. The molecule has 3 aromatic rings. The Bertz CT molecular complexity index is 1300. The van der Waals surface area contributed by atoms with Crippen LogP contribution in [0.4, 0.5) is 16.4 Å². The smallest absolute Gasteiger partial charge is 0.415 e. The normalized spacial score (nSPS) is 16.9. The molecule has 3 N–H and O–H groups in total. The SMILES string of the molecule is COc1cccc(-c2cccc(CNCCC3CN(c4ccc5c(n4)NC(=O)CS5)C(=O)O3)c2O)n1. The van der Waals surface area contributed by atoms with E-state index in [1.54, 1.807) is 19.2 Å². The molecule has 10 nitrogen and oxygen atoms in total. The van der Waals surface area contributed by atoms with E-state index >= 15 is 0 Å². The molecule has 36 heavy (non-hydrogen) atoms. The summed E-state index contributed by atoms with van der Waals surface area (Å²) in [7, 11) is 1.55. The number of para-hydroxylation sites is 1. The highest BCUT2D eigenvalue weighted by atomic mass is 32.2. The van der Waals surface area contributed by atoms with Crippen LogP contribution < -0.4 is 20.3 Å². The minimum Gasteiger partial charge on any atom is -0.507 e. The maximum atomic E-state index is 12.4. The second-order valence-electron chi connectivity index (χ2n) is 8.31. The van der Waals surface area contributed by atoms with E-state index in [1.807, 2.05) is 36.4 Å². The predicted molar refractivity (Wildman–Crippen MR) is 135 cm³/mol. The molecule has 4 heterocycles. The fourth-order valence-electron chi connectivity index (χ4n) is 4.07. The molecular formula is C25H25N5O5S. The number of amides is 2. The molecule has 1 aromatic carbocycles. The number of aromatic nitrogens is 2. The highest BCUT2D eigenvalue weighted by Gasteiger charge is 2.33. The molecule has 2 aliphatic heterocycles. The number of anilines is 2. The summed E-state index contributed by atoms with van der Waals surface area (Å²) in [6.45, 7) is 1.39. The van der Waals surface area contributed by atoms with E-state index in [2.05, 4.69) is 20.6 Å². The van der Waals surface area contributed by atoms with Gasteiger partial charge in [0.25, 0.3) is 0 Å². The average molecular weight is 508 g/mol. The first-order valence-corrected chi connectivity index (χ1v) is 12.4. The third-order valence-electron chi connectivity index (χ3n) is 5.90. The zero-order valence-corrected chi connectivity index (χ0v) is 20.4. The number of carbonyl (C=O) groups excluding carboxylic acids is 2. The minimum atomic E-state index is -0.460. The van der Waals surface area contributed by atoms with Gasteiger partial charge in [-0.1, -0.05) is 18.2 Å². The van der Waals surface area contributed by atoms with Gasteiger partial charge in [-0.2, -0.15) is 0 Å². The van der Waals surface area contributed by atoms with Gasteiger partial charge in [0.15, 0.2) is 0 Å². The number of phenolic OH excluding ortho intramolecular Hbond substituents is 1. The summed E-state index contributed by atoms with van der Waals surface area (Å²) in [5, 5.41) is 16.8. The van der Waals surface area contributed by atoms with Gasteiger partial charge >= 0.3 is 6.09 Å². The zero-order valence-electron chi connectivity index (χ0n) is 19.6. The van der Waals surface area contributed by atoms with E-state index in [1.165, 1.54) is 16.7 Å². The molecule has 1 unspecified atom stereocenters. The maximum Gasteiger partial charge on any atom is 0.415 e. The standard InChI is InChI=1S/C25H25N5O5S/c1-34-22-7-3-6-18(27-22)17-5-2-4-15(23(17)32)12-26-11-10-16-13-30(25(33)35-16)20-9-8-19-24(28-20)29-21(31)14-36-19/h2-9,16,26,32H,10-14H2,1H3,(H,28,29,31). The van der Waals surface area contributed by atoms with E-state index < -0.39 is 6.09 Å². The van der Waals surface area contributed by atoms with Crippen LogP contribution in [0.5, 0.6) is 11.6 Å². The molecule has 1 saturated heterocycles. The number of methoxy groups -OCH3 is 1.